The summed E-state index contributed by atoms with van der Waals surface area (Å²) in [4.78, 5) is 19.2. The molecule has 168 valence electrons. The topological polar surface area (TPSA) is 54.5 Å². The summed E-state index contributed by atoms with van der Waals surface area (Å²) < 4.78 is 44.8. The summed E-state index contributed by atoms with van der Waals surface area (Å²) in [5.74, 6) is -0.542. The van der Waals surface area contributed by atoms with Crippen molar-refractivity contribution in [2.45, 2.75) is 19.1 Å². The summed E-state index contributed by atoms with van der Waals surface area (Å²) in [6, 6.07) is 13.0. The van der Waals surface area contributed by atoms with Crippen molar-refractivity contribution in [3.05, 3.63) is 70.7 Å². The minimum Gasteiger partial charge on any atom is -0.379 e. The zero-order valence-corrected chi connectivity index (χ0v) is 18.0. The number of hydrogen-bond donors (Lipinski definition) is 1. The highest BCUT2D eigenvalue weighted by Crippen LogP contribution is 2.34. The Hall–Kier alpha value is -2.75. The third-order valence-corrected chi connectivity index (χ3v) is 6.02. The first-order valence-corrected chi connectivity index (χ1v) is 11.1. The lowest BCUT2D eigenvalue weighted by Crippen LogP contribution is -2.35. The third kappa shape index (κ3) is 5.73. The minimum atomic E-state index is -4.54. The van der Waals surface area contributed by atoms with Gasteiger partial charge in [-0.15, -0.1) is 11.3 Å². The lowest BCUT2D eigenvalue weighted by Gasteiger charge is -2.26. The molecule has 1 fully saturated rings. The molecule has 3 aromatic rings. The molecule has 0 bridgehead atoms. The van der Waals surface area contributed by atoms with E-state index in [0.29, 0.717) is 5.69 Å². The molecule has 1 aliphatic heterocycles. The maximum absolute atomic E-state index is 13.1. The van der Waals surface area contributed by atoms with Crippen LogP contribution in [0, 0.1) is 0 Å². The van der Waals surface area contributed by atoms with Gasteiger partial charge in [-0.2, -0.15) is 13.2 Å². The number of carbonyl (C=O) groups excluding carboxylic acids is 1. The first-order chi connectivity index (χ1) is 15.4. The van der Waals surface area contributed by atoms with Gasteiger partial charge < -0.3 is 10.1 Å². The lowest BCUT2D eigenvalue weighted by atomic mass is 10.1. The van der Waals surface area contributed by atoms with Gasteiger partial charge in [0, 0.05) is 30.6 Å². The average Bonchev–Trinajstić information content (AvgIpc) is 3.23. The number of thiazole rings is 1. The number of amides is 1. The number of para-hydroxylation sites is 1. The van der Waals surface area contributed by atoms with Crippen LogP contribution in [0.25, 0.3) is 10.6 Å². The Morgan fingerprint density at radius 1 is 1.12 bits per heavy atom. The van der Waals surface area contributed by atoms with Gasteiger partial charge in [0.2, 0.25) is 5.91 Å². The zero-order valence-electron chi connectivity index (χ0n) is 17.2. The first-order valence-electron chi connectivity index (χ1n) is 10.2. The molecule has 1 aliphatic rings. The van der Waals surface area contributed by atoms with Crippen LogP contribution in [0.15, 0.2) is 53.9 Å². The lowest BCUT2D eigenvalue weighted by molar-refractivity contribution is -0.137. The molecule has 1 aromatic heterocycles. The number of halogens is 3. The van der Waals surface area contributed by atoms with Crippen molar-refractivity contribution >= 4 is 22.9 Å². The molecule has 0 radical (unpaired) electrons. The monoisotopic (exact) mass is 461 g/mol. The Labute approximate surface area is 187 Å². The van der Waals surface area contributed by atoms with E-state index in [-0.39, 0.29) is 12.1 Å². The molecule has 0 aliphatic carbocycles. The van der Waals surface area contributed by atoms with E-state index in [1.165, 1.54) is 35.1 Å². The summed E-state index contributed by atoms with van der Waals surface area (Å²) >= 11 is 1.41. The van der Waals surface area contributed by atoms with E-state index >= 15 is 0 Å². The molecule has 4 rings (SSSR count). The first kappa shape index (κ1) is 22.4. The predicted molar refractivity (Wildman–Crippen MR) is 117 cm³/mol. The number of benzene rings is 2. The molecule has 2 aromatic carbocycles. The number of aromatic nitrogens is 1. The highest BCUT2D eigenvalue weighted by Gasteiger charge is 2.33. The molecule has 0 spiro atoms. The number of ether oxygens (including phenoxy) is 1. The van der Waals surface area contributed by atoms with Crippen molar-refractivity contribution < 1.29 is 22.7 Å². The van der Waals surface area contributed by atoms with E-state index in [2.05, 4.69) is 27.3 Å². The van der Waals surface area contributed by atoms with Gasteiger partial charge in [-0.1, -0.05) is 30.3 Å². The van der Waals surface area contributed by atoms with Gasteiger partial charge in [0.1, 0.15) is 5.01 Å². The molecule has 32 heavy (non-hydrogen) atoms. The van der Waals surface area contributed by atoms with Crippen molar-refractivity contribution in [3.8, 4) is 10.6 Å². The summed E-state index contributed by atoms with van der Waals surface area (Å²) in [6.07, 6.45) is -4.64. The molecule has 0 atom stereocenters. The normalized spacial score (nSPS) is 15.0. The Bertz CT molecular complexity index is 1080. The molecule has 0 unspecified atom stereocenters. The third-order valence-electron chi connectivity index (χ3n) is 5.08. The van der Waals surface area contributed by atoms with Gasteiger partial charge in [-0.25, -0.2) is 4.98 Å². The Balaban J connectivity index is 1.41. The van der Waals surface area contributed by atoms with Gasteiger partial charge >= 0.3 is 6.18 Å². The van der Waals surface area contributed by atoms with E-state index in [9.17, 15) is 18.0 Å². The quantitative estimate of drug-likeness (QED) is 0.571. The Morgan fingerprint density at radius 2 is 1.91 bits per heavy atom. The number of rotatable bonds is 6. The standard InChI is InChI=1S/C23H22F3N3O2S/c24-23(25,26)19-6-1-2-7-20(19)28-21(30)13-18-15-32-22(27-18)17-5-3-4-16(12-17)14-29-8-10-31-11-9-29/h1-7,12,15H,8-11,13-14H2,(H,28,30). The van der Waals surface area contributed by atoms with E-state index < -0.39 is 17.6 Å². The van der Waals surface area contributed by atoms with E-state index in [1.807, 2.05) is 12.1 Å². The molecule has 2 heterocycles. The second kappa shape index (κ2) is 9.81. The summed E-state index contributed by atoms with van der Waals surface area (Å²) in [7, 11) is 0. The Morgan fingerprint density at radius 3 is 2.69 bits per heavy atom. The van der Waals surface area contributed by atoms with E-state index in [1.54, 1.807) is 5.38 Å². The second-order valence-electron chi connectivity index (χ2n) is 7.50. The highest BCUT2D eigenvalue weighted by molar-refractivity contribution is 7.13. The van der Waals surface area contributed by atoms with Crippen LogP contribution in [0.4, 0.5) is 18.9 Å². The van der Waals surface area contributed by atoms with Crippen molar-refractivity contribution in [1.82, 2.24) is 9.88 Å². The number of nitrogens with zero attached hydrogens (tertiary/aromatic N) is 2. The van der Waals surface area contributed by atoms with Crippen LogP contribution in [0.2, 0.25) is 0 Å². The van der Waals surface area contributed by atoms with Crippen LogP contribution in [-0.4, -0.2) is 42.1 Å². The summed E-state index contributed by atoms with van der Waals surface area (Å²) in [5, 5.41) is 4.89. The highest BCUT2D eigenvalue weighted by atomic mass is 32.1. The van der Waals surface area contributed by atoms with Gasteiger partial charge in [-0.05, 0) is 23.8 Å². The number of anilines is 1. The maximum Gasteiger partial charge on any atom is 0.418 e. The van der Waals surface area contributed by atoms with Gasteiger partial charge in [0.05, 0.1) is 36.6 Å². The zero-order chi connectivity index (χ0) is 22.6. The summed E-state index contributed by atoms with van der Waals surface area (Å²) in [5.41, 5.74) is 1.52. The maximum atomic E-state index is 13.1. The predicted octanol–water partition coefficient (Wildman–Crippen LogP) is 4.84. The number of nitrogens with one attached hydrogen (secondary N) is 1. The molecular weight excluding hydrogens is 439 g/mol. The van der Waals surface area contributed by atoms with Gasteiger partial charge in [-0.3, -0.25) is 9.69 Å². The molecule has 1 N–H and O–H groups in total. The van der Waals surface area contributed by atoms with Crippen LogP contribution >= 0.6 is 11.3 Å². The number of hydrogen-bond acceptors (Lipinski definition) is 5. The van der Waals surface area contributed by atoms with Crippen molar-refractivity contribution in [3.63, 3.8) is 0 Å². The molecular formula is C23H22F3N3O2S. The number of carbonyl (C=O) groups is 1. The molecule has 1 amide bonds. The van der Waals surface area contributed by atoms with Crippen molar-refractivity contribution in [2.24, 2.45) is 0 Å². The molecule has 1 saturated heterocycles. The number of morpholine rings is 1. The summed E-state index contributed by atoms with van der Waals surface area (Å²) in [6.45, 7) is 4.11. The van der Waals surface area contributed by atoms with Crippen molar-refractivity contribution in [1.29, 1.82) is 0 Å². The van der Waals surface area contributed by atoms with Gasteiger partial charge in [0.15, 0.2) is 0 Å². The molecule has 0 saturated carbocycles. The van der Waals surface area contributed by atoms with Crippen LogP contribution in [0.5, 0.6) is 0 Å². The fourth-order valence-corrected chi connectivity index (χ4v) is 4.36. The smallest absolute Gasteiger partial charge is 0.379 e. The second-order valence-corrected chi connectivity index (χ2v) is 8.36. The largest absolute Gasteiger partial charge is 0.418 e. The van der Waals surface area contributed by atoms with E-state index in [0.717, 1.165) is 49.5 Å². The van der Waals surface area contributed by atoms with Gasteiger partial charge in [0.25, 0.3) is 0 Å². The Kier molecular flexibility index (Phi) is 6.88. The molecule has 5 nitrogen and oxygen atoms in total. The van der Waals surface area contributed by atoms with Crippen LogP contribution < -0.4 is 5.32 Å². The SMILES string of the molecule is O=C(Cc1csc(-c2cccc(CN3CCOCC3)c2)n1)Nc1ccccc1C(F)(F)F. The van der Waals surface area contributed by atoms with Crippen LogP contribution in [0.3, 0.4) is 0 Å². The van der Waals surface area contributed by atoms with Crippen LogP contribution in [0.1, 0.15) is 16.8 Å². The fourth-order valence-electron chi connectivity index (χ4n) is 3.54. The minimum absolute atomic E-state index is 0.101. The average molecular weight is 462 g/mol. The van der Waals surface area contributed by atoms with Crippen LogP contribution in [-0.2, 0) is 28.7 Å². The fraction of sp³-hybridized carbons (Fsp3) is 0.304. The number of alkyl halides is 3. The van der Waals surface area contributed by atoms with Crippen molar-refractivity contribution in [2.75, 3.05) is 31.6 Å². The molecule has 9 heteroatoms. The van der Waals surface area contributed by atoms with E-state index in [4.69, 9.17) is 4.74 Å².